The third kappa shape index (κ3) is 4.46. The van der Waals surface area contributed by atoms with Gasteiger partial charge in [-0.15, -0.1) is 0 Å². The van der Waals surface area contributed by atoms with Gasteiger partial charge < -0.3 is 10.2 Å². The molecule has 3 atom stereocenters. The lowest BCUT2D eigenvalue weighted by Crippen LogP contribution is -2.48. The minimum Gasteiger partial charge on any atom is -0.317 e. The molecule has 118 valence electrons. The fourth-order valence-corrected chi connectivity index (χ4v) is 4.65. The lowest BCUT2D eigenvalue weighted by Gasteiger charge is -2.43. The fourth-order valence-electron chi connectivity index (χ4n) is 4.65. The molecule has 0 amide bonds. The number of piperidine rings is 1. The van der Waals surface area contributed by atoms with Crippen LogP contribution in [0.15, 0.2) is 0 Å². The molecule has 1 saturated carbocycles. The highest BCUT2D eigenvalue weighted by Gasteiger charge is 2.33. The highest BCUT2D eigenvalue weighted by atomic mass is 15.1. The van der Waals surface area contributed by atoms with E-state index >= 15 is 0 Å². The van der Waals surface area contributed by atoms with E-state index in [0.29, 0.717) is 5.41 Å². The van der Waals surface area contributed by atoms with E-state index in [9.17, 15) is 0 Å². The van der Waals surface area contributed by atoms with Gasteiger partial charge in [-0.05, 0) is 62.9 Å². The zero-order valence-corrected chi connectivity index (χ0v) is 14.3. The number of rotatable bonds is 5. The molecule has 1 saturated heterocycles. The topological polar surface area (TPSA) is 15.3 Å². The summed E-state index contributed by atoms with van der Waals surface area (Å²) < 4.78 is 0. The van der Waals surface area contributed by atoms with Gasteiger partial charge in [0, 0.05) is 19.1 Å². The second-order valence-electron chi connectivity index (χ2n) is 8.13. The normalized spacial score (nSPS) is 35.1. The van der Waals surface area contributed by atoms with E-state index in [1.165, 1.54) is 64.6 Å². The van der Waals surface area contributed by atoms with Gasteiger partial charge in [-0.1, -0.05) is 33.6 Å². The van der Waals surface area contributed by atoms with Crippen LogP contribution in [0.4, 0.5) is 0 Å². The Balaban J connectivity index is 1.90. The van der Waals surface area contributed by atoms with Gasteiger partial charge in [-0.25, -0.2) is 0 Å². The molecule has 1 aliphatic carbocycles. The average Bonchev–Trinajstić information content (AvgIpc) is 2.38. The zero-order valence-electron chi connectivity index (χ0n) is 14.3. The van der Waals surface area contributed by atoms with Gasteiger partial charge in [0.15, 0.2) is 0 Å². The Morgan fingerprint density at radius 2 is 2.05 bits per heavy atom. The van der Waals surface area contributed by atoms with E-state index < -0.39 is 0 Å². The summed E-state index contributed by atoms with van der Waals surface area (Å²) in [7, 11) is 2.16. The molecule has 1 aliphatic heterocycles. The maximum atomic E-state index is 3.60. The summed E-state index contributed by atoms with van der Waals surface area (Å²) in [5.74, 6) is 1.87. The second-order valence-corrected chi connectivity index (χ2v) is 8.13. The predicted molar refractivity (Wildman–Crippen MR) is 88.0 cm³/mol. The largest absolute Gasteiger partial charge is 0.317 e. The number of nitrogens with zero attached hydrogens (tertiary/aromatic N) is 1. The molecule has 0 radical (unpaired) electrons. The van der Waals surface area contributed by atoms with E-state index in [2.05, 4.69) is 38.0 Å². The van der Waals surface area contributed by atoms with Crippen molar-refractivity contribution in [2.24, 2.45) is 17.3 Å². The van der Waals surface area contributed by atoms with Crippen molar-refractivity contribution in [1.29, 1.82) is 0 Å². The van der Waals surface area contributed by atoms with Crippen LogP contribution in [0.1, 0.15) is 65.7 Å². The van der Waals surface area contributed by atoms with Crippen LogP contribution in [0.3, 0.4) is 0 Å². The molecule has 20 heavy (non-hydrogen) atoms. The minimum atomic E-state index is 0.533. The Bertz CT molecular complexity index is 287. The van der Waals surface area contributed by atoms with Crippen LogP contribution in [-0.2, 0) is 0 Å². The Kier molecular flexibility index (Phi) is 5.92. The van der Waals surface area contributed by atoms with Gasteiger partial charge in [-0.3, -0.25) is 0 Å². The maximum absolute atomic E-state index is 3.60. The first-order chi connectivity index (χ1) is 9.54. The van der Waals surface area contributed by atoms with Crippen LogP contribution in [0.5, 0.6) is 0 Å². The minimum absolute atomic E-state index is 0.533. The smallest absolute Gasteiger partial charge is 0.0105 e. The highest BCUT2D eigenvalue weighted by molar-refractivity contribution is 4.88. The Morgan fingerprint density at radius 1 is 1.25 bits per heavy atom. The van der Waals surface area contributed by atoms with Gasteiger partial charge in [0.25, 0.3) is 0 Å². The van der Waals surface area contributed by atoms with Gasteiger partial charge in [-0.2, -0.15) is 0 Å². The third-order valence-electron chi connectivity index (χ3n) is 5.63. The van der Waals surface area contributed by atoms with E-state index in [-0.39, 0.29) is 0 Å². The van der Waals surface area contributed by atoms with E-state index in [0.717, 1.165) is 17.9 Å². The van der Waals surface area contributed by atoms with Gasteiger partial charge in [0.05, 0.1) is 0 Å². The van der Waals surface area contributed by atoms with Crippen molar-refractivity contribution in [3.05, 3.63) is 0 Å². The van der Waals surface area contributed by atoms with Crippen molar-refractivity contribution in [3.63, 3.8) is 0 Å². The molecular weight excluding hydrogens is 244 g/mol. The molecule has 0 bridgehead atoms. The molecule has 2 heteroatoms. The molecule has 2 nitrogen and oxygen atoms in total. The highest BCUT2D eigenvalue weighted by Crippen LogP contribution is 2.35. The van der Waals surface area contributed by atoms with Crippen LogP contribution in [-0.4, -0.2) is 37.6 Å². The number of hydrogen-bond acceptors (Lipinski definition) is 2. The molecule has 3 unspecified atom stereocenters. The standard InChI is InChI=1S/C18H36N2/c1-5-7-15-8-9-17(19-4)16(12-15)13-20-11-6-10-18(2,3)14-20/h15-17,19H,5-14H2,1-4H3. The summed E-state index contributed by atoms with van der Waals surface area (Å²) in [6.07, 6.45) is 9.89. The number of hydrogen-bond donors (Lipinski definition) is 1. The third-order valence-corrected chi connectivity index (χ3v) is 5.63. The Morgan fingerprint density at radius 3 is 2.70 bits per heavy atom. The molecular formula is C18H36N2. The van der Waals surface area contributed by atoms with Crippen molar-refractivity contribution >= 4 is 0 Å². The van der Waals surface area contributed by atoms with Crippen molar-refractivity contribution < 1.29 is 0 Å². The maximum Gasteiger partial charge on any atom is 0.0105 e. The van der Waals surface area contributed by atoms with Crippen LogP contribution in [0, 0.1) is 17.3 Å². The molecule has 1 heterocycles. The van der Waals surface area contributed by atoms with E-state index in [1.807, 2.05) is 0 Å². The lowest BCUT2D eigenvalue weighted by atomic mass is 9.75. The molecule has 2 rings (SSSR count). The van der Waals surface area contributed by atoms with Crippen LogP contribution in [0.2, 0.25) is 0 Å². The SMILES string of the molecule is CCCC1CCC(NC)C(CN2CCCC(C)(C)C2)C1. The molecule has 1 N–H and O–H groups in total. The summed E-state index contributed by atoms with van der Waals surface area (Å²) in [6, 6.07) is 0.758. The monoisotopic (exact) mass is 280 g/mol. The molecule has 0 spiro atoms. The molecule has 2 fully saturated rings. The number of likely N-dealkylation sites (tertiary alicyclic amines) is 1. The summed E-state index contributed by atoms with van der Waals surface area (Å²) in [6.45, 7) is 11.2. The van der Waals surface area contributed by atoms with Gasteiger partial charge >= 0.3 is 0 Å². The fraction of sp³-hybridized carbons (Fsp3) is 1.00. The van der Waals surface area contributed by atoms with Crippen LogP contribution < -0.4 is 5.32 Å². The first kappa shape index (κ1) is 16.3. The summed E-state index contributed by atoms with van der Waals surface area (Å²) in [5.41, 5.74) is 0.533. The van der Waals surface area contributed by atoms with Crippen molar-refractivity contribution in [3.8, 4) is 0 Å². The predicted octanol–water partition coefficient (Wildman–Crippen LogP) is 3.91. The quantitative estimate of drug-likeness (QED) is 0.821. The summed E-state index contributed by atoms with van der Waals surface area (Å²) in [5, 5.41) is 3.60. The van der Waals surface area contributed by atoms with Crippen LogP contribution >= 0.6 is 0 Å². The molecule has 0 aromatic rings. The van der Waals surface area contributed by atoms with Gasteiger partial charge in [0.1, 0.15) is 0 Å². The molecule has 2 aliphatic rings. The summed E-state index contributed by atoms with van der Waals surface area (Å²) in [4.78, 5) is 2.76. The Labute approximate surface area is 126 Å². The second kappa shape index (κ2) is 7.26. The zero-order chi connectivity index (χ0) is 14.6. The first-order valence-electron chi connectivity index (χ1n) is 8.93. The van der Waals surface area contributed by atoms with Gasteiger partial charge in [0.2, 0.25) is 0 Å². The first-order valence-corrected chi connectivity index (χ1v) is 8.93. The Hall–Kier alpha value is -0.0800. The van der Waals surface area contributed by atoms with Crippen molar-refractivity contribution in [1.82, 2.24) is 10.2 Å². The van der Waals surface area contributed by atoms with Crippen LogP contribution in [0.25, 0.3) is 0 Å². The van der Waals surface area contributed by atoms with E-state index in [4.69, 9.17) is 0 Å². The van der Waals surface area contributed by atoms with E-state index in [1.54, 1.807) is 0 Å². The number of nitrogens with one attached hydrogen (secondary N) is 1. The summed E-state index contributed by atoms with van der Waals surface area (Å²) >= 11 is 0. The molecule has 0 aromatic carbocycles. The lowest BCUT2D eigenvalue weighted by molar-refractivity contribution is 0.0752. The average molecular weight is 280 g/mol. The van der Waals surface area contributed by atoms with Crippen molar-refractivity contribution in [2.45, 2.75) is 71.8 Å². The molecule has 0 aromatic heterocycles. The van der Waals surface area contributed by atoms with Crippen molar-refractivity contribution in [2.75, 3.05) is 26.7 Å².